The molecular formula is C11H12Br2N4. The van der Waals surface area contributed by atoms with E-state index in [2.05, 4.69) is 48.2 Å². The van der Waals surface area contributed by atoms with Gasteiger partial charge in [0.25, 0.3) is 0 Å². The van der Waals surface area contributed by atoms with Gasteiger partial charge < -0.3 is 5.73 Å². The molecule has 0 aliphatic carbocycles. The summed E-state index contributed by atoms with van der Waals surface area (Å²) in [5, 5.41) is 7.89. The minimum Gasteiger partial charge on any atom is -0.319 e. The summed E-state index contributed by atoms with van der Waals surface area (Å²) in [5.41, 5.74) is 9.32. The molecule has 0 fully saturated rings. The summed E-state index contributed by atoms with van der Waals surface area (Å²) >= 11 is 6.89. The highest BCUT2D eigenvalue weighted by molar-refractivity contribution is 9.10. The van der Waals surface area contributed by atoms with Gasteiger partial charge in [-0.2, -0.15) is 0 Å². The van der Waals surface area contributed by atoms with Gasteiger partial charge in [-0.15, -0.1) is 5.10 Å². The molecule has 0 spiro atoms. The van der Waals surface area contributed by atoms with Crippen LogP contribution in [0.1, 0.15) is 22.9 Å². The number of benzene rings is 1. The van der Waals surface area contributed by atoms with Crippen LogP contribution in [-0.2, 0) is 7.05 Å². The fraction of sp³-hybridized carbons (Fsp3) is 0.273. The number of halogens is 2. The Labute approximate surface area is 116 Å². The van der Waals surface area contributed by atoms with Crippen molar-refractivity contribution in [2.24, 2.45) is 12.8 Å². The largest absolute Gasteiger partial charge is 0.319 e. The molecular weight excluding hydrogens is 348 g/mol. The van der Waals surface area contributed by atoms with Crippen LogP contribution in [0.25, 0.3) is 0 Å². The van der Waals surface area contributed by atoms with E-state index < -0.39 is 0 Å². The molecule has 0 bridgehead atoms. The number of hydrogen-bond donors (Lipinski definition) is 1. The van der Waals surface area contributed by atoms with Gasteiger partial charge in [-0.25, -0.2) is 4.68 Å². The van der Waals surface area contributed by atoms with Crippen molar-refractivity contribution in [3.63, 3.8) is 0 Å². The van der Waals surface area contributed by atoms with Gasteiger partial charge in [-0.05, 0) is 34.5 Å². The van der Waals surface area contributed by atoms with Gasteiger partial charge >= 0.3 is 0 Å². The smallest absolute Gasteiger partial charge is 0.153 e. The maximum Gasteiger partial charge on any atom is 0.153 e. The number of hydrogen-bond acceptors (Lipinski definition) is 3. The summed E-state index contributed by atoms with van der Waals surface area (Å²) < 4.78 is 3.35. The van der Waals surface area contributed by atoms with Crippen molar-refractivity contribution in [2.45, 2.75) is 13.0 Å². The van der Waals surface area contributed by atoms with Crippen molar-refractivity contribution < 1.29 is 0 Å². The summed E-state index contributed by atoms with van der Waals surface area (Å²) in [6, 6.07) is 5.84. The summed E-state index contributed by atoms with van der Waals surface area (Å²) in [6.07, 6.45) is 0. The molecule has 2 aromatic rings. The SMILES string of the molecule is Cc1ccc(Br)c(C(N)c2c(Br)nnn2C)c1. The minimum atomic E-state index is -0.265. The summed E-state index contributed by atoms with van der Waals surface area (Å²) in [6.45, 7) is 2.04. The van der Waals surface area contributed by atoms with E-state index in [-0.39, 0.29) is 6.04 Å². The molecule has 2 N–H and O–H groups in total. The zero-order chi connectivity index (χ0) is 12.6. The third-order valence-electron chi connectivity index (χ3n) is 2.61. The Kier molecular flexibility index (Phi) is 3.65. The monoisotopic (exact) mass is 358 g/mol. The van der Waals surface area contributed by atoms with Crippen LogP contribution in [0.15, 0.2) is 27.3 Å². The van der Waals surface area contributed by atoms with Crippen molar-refractivity contribution in [2.75, 3.05) is 0 Å². The van der Waals surface area contributed by atoms with E-state index in [1.807, 2.05) is 26.1 Å². The molecule has 0 amide bonds. The Morgan fingerprint density at radius 1 is 1.35 bits per heavy atom. The van der Waals surface area contributed by atoms with E-state index in [9.17, 15) is 0 Å². The molecule has 4 nitrogen and oxygen atoms in total. The van der Waals surface area contributed by atoms with E-state index in [1.54, 1.807) is 4.68 Å². The van der Waals surface area contributed by atoms with Crippen LogP contribution in [0, 0.1) is 6.92 Å². The third kappa shape index (κ3) is 2.43. The number of aryl methyl sites for hydroxylation is 2. The van der Waals surface area contributed by atoms with E-state index in [1.165, 1.54) is 5.56 Å². The second-order valence-corrected chi connectivity index (χ2v) is 5.50. The highest BCUT2D eigenvalue weighted by atomic mass is 79.9. The summed E-state index contributed by atoms with van der Waals surface area (Å²) in [7, 11) is 1.83. The molecule has 0 saturated carbocycles. The molecule has 0 saturated heterocycles. The molecule has 1 aromatic heterocycles. The fourth-order valence-corrected chi connectivity index (χ4v) is 2.79. The Morgan fingerprint density at radius 2 is 2.06 bits per heavy atom. The zero-order valence-electron chi connectivity index (χ0n) is 9.48. The van der Waals surface area contributed by atoms with Crippen molar-refractivity contribution >= 4 is 31.9 Å². The standard InChI is InChI=1S/C11H12Br2N4/c1-6-3-4-8(12)7(5-6)9(14)10-11(13)15-16-17(10)2/h3-5,9H,14H2,1-2H3. The van der Waals surface area contributed by atoms with E-state index in [0.29, 0.717) is 4.60 Å². The van der Waals surface area contributed by atoms with Gasteiger partial charge in [0, 0.05) is 11.5 Å². The normalized spacial score (nSPS) is 12.8. The average molecular weight is 360 g/mol. The van der Waals surface area contributed by atoms with E-state index >= 15 is 0 Å². The average Bonchev–Trinajstić information content (AvgIpc) is 2.61. The molecule has 17 heavy (non-hydrogen) atoms. The summed E-state index contributed by atoms with van der Waals surface area (Å²) in [4.78, 5) is 0. The first kappa shape index (κ1) is 12.7. The first-order chi connectivity index (χ1) is 8.00. The number of nitrogens with zero attached hydrogens (tertiary/aromatic N) is 3. The predicted octanol–water partition coefficient (Wildman–Crippen LogP) is 2.70. The molecule has 0 radical (unpaired) electrons. The maximum atomic E-state index is 6.27. The fourth-order valence-electron chi connectivity index (χ4n) is 1.72. The van der Waals surface area contributed by atoms with Crippen molar-refractivity contribution in [3.05, 3.63) is 44.1 Å². The maximum absolute atomic E-state index is 6.27. The highest BCUT2D eigenvalue weighted by Crippen LogP contribution is 2.30. The lowest BCUT2D eigenvalue weighted by Gasteiger charge is -2.15. The lowest BCUT2D eigenvalue weighted by molar-refractivity contribution is 0.650. The summed E-state index contributed by atoms with van der Waals surface area (Å²) in [5.74, 6) is 0. The first-order valence-electron chi connectivity index (χ1n) is 5.07. The number of aromatic nitrogens is 3. The second kappa shape index (κ2) is 4.88. The van der Waals surface area contributed by atoms with Gasteiger partial charge in [0.2, 0.25) is 0 Å². The molecule has 1 atom stereocenters. The quantitative estimate of drug-likeness (QED) is 0.896. The molecule has 1 heterocycles. The van der Waals surface area contributed by atoms with Crippen molar-refractivity contribution in [1.29, 1.82) is 0 Å². The van der Waals surface area contributed by atoms with Gasteiger partial charge in [0.1, 0.15) is 0 Å². The molecule has 1 aromatic carbocycles. The minimum absolute atomic E-state index is 0.265. The van der Waals surface area contributed by atoms with Gasteiger partial charge in [0.05, 0.1) is 11.7 Å². The lowest BCUT2D eigenvalue weighted by atomic mass is 10.0. The zero-order valence-corrected chi connectivity index (χ0v) is 12.7. The van der Waals surface area contributed by atoms with Crippen LogP contribution in [0.5, 0.6) is 0 Å². The molecule has 0 aliphatic rings. The molecule has 1 unspecified atom stereocenters. The van der Waals surface area contributed by atoms with E-state index in [0.717, 1.165) is 15.7 Å². The van der Waals surface area contributed by atoms with Crippen LogP contribution in [0.2, 0.25) is 0 Å². The van der Waals surface area contributed by atoms with Crippen molar-refractivity contribution in [1.82, 2.24) is 15.0 Å². The lowest BCUT2D eigenvalue weighted by Crippen LogP contribution is -2.17. The highest BCUT2D eigenvalue weighted by Gasteiger charge is 2.20. The van der Waals surface area contributed by atoms with Crippen LogP contribution < -0.4 is 5.73 Å². The topological polar surface area (TPSA) is 56.7 Å². The van der Waals surface area contributed by atoms with Crippen LogP contribution >= 0.6 is 31.9 Å². The number of nitrogens with two attached hydrogens (primary N) is 1. The van der Waals surface area contributed by atoms with Crippen LogP contribution in [0.3, 0.4) is 0 Å². The predicted molar refractivity (Wildman–Crippen MR) is 73.6 cm³/mol. The third-order valence-corrected chi connectivity index (χ3v) is 3.89. The molecule has 0 aliphatic heterocycles. The van der Waals surface area contributed by atoms with Gasteiger partial charge in [0.15, 0.2) is 4.60 Å². The van der Waals surface area contributed by atoms with Crippen molar-refractivity contribution in [3.8, 4) is 0 Å². The van der Waals surface area contributed by atoms with E-state index in [4.69, 9.17) is 5.73 Å². The Hall–Kier alpha value is -0.720. The second-order valence-electron chi connectivity index (χ2n) is 3.89. The Bertz CT molecular complexity index is 531. The number of rotatable bonds is 2. The molecule has 90 valence electrons. The van der Waals surface area contributed by atoms with Crippen LogP contribution in [0.4, 0.5) is 0 Å². The van der Waals surface area contributed by atoms with Crippen LogP contribution in [-0.4, -0.2) is 15.0 Å². The van der Waals surface area contributed by atoms with Gasteiger partial charge in [-0.3, -0.25) is 0 Å². The van der Waals surface area contributed by atoms with Gasteiger partial charge in [-0.1, -0.05) is 38.8 Å². The molecule has 2 rings (SSSR count). The first-order valence-corrected chi connectivity index (χ1v) is 6.66. The Morgan fingerprint density at radius 3 is 2.65 bits per heavy atom. The Balaban J connectivity index is 2.50. The molecule has 6 heteroatoms.